The molecular weight excluding hydrogens is 276 g/mol. The molecule has 0 saturated heterocycles. The van der Waals surface area contributed by atoms with E-state index in [4.69, 9.17) is 4.74 Å². The second-order valence-corrected chi connectivity index (χ2v) is 5.29. The number of hydrogen-bond acceptors (Lipinski definition) is 3. The van der Waals surface area contributed by atoms with Crippen molar-refractivity contribution in [1.29, 1.82) is 0 Å². The van der Waals surface area contributed by atoms with Crippen molar-refractivity contribution in [2.75, 3.05) is 6.61 Å². The van der Waals surface area contributed by atoms with Gasteiger partial charge in [0.15, 0.2) is 0 Å². The standard InChI is InChI=1S/C18H18N2O2/c1-3-22-18(21)17-8-13(2)11-20(17)12-14-9-15-6-4-5-7-16(15)19-10-14/h4-11H,3,12H2,1-2H3. The van der Waals surface area contributed by atoms with Gasteiger partial charge in [-0.15, -0.1) is 0 Å². The number of fused-ring (bicyclic) bond motifs is 1. The zero-order valence-electron chi connectivity index (χ0n) is 12.7. The number of carbonyl (C=O) groups excluding carboxylic acids is 1. The number of esters is 1. The molecule has 0 spiro atoms. The van der Waals surface area contributed by atoms with E-state index in [-0.39, 0.29) is 5.97 Å². The topological polar surface area (TPSA) is 44.1 Å². The Morgan fingerprint density at radius 3 is 2.91 bits per heavy atom. The molecule has 0 fully saturated rings. The van der Waals surface area contributed by atoms with Crippen LogP contribution in [0.1, 0.15) is 28.5 Å². The molecule has 0 aliphatic rings. The Labute approximate surface area is 129 Å². The second kappa shape index (κ2) is 6.02. The summed E-state index contributed by atoms with van der Waals surface area (Å²) in [7, 11) is 0. The van der Waals surface area contributed by atoms with Crippen LogP contribution in [0, 0.1) is 6.92 Å². The highest BCUT2D eigenvalue weighted by atomic mass is 16.5. The van der Waals surface area contributed by atoms with E-state index >= 15 is 0 Å². The minimum Gasteiger partial charge on any atom is -0.461 e. The van der Waals surface area contributed by atoms with Crippen molar-refractivity contribution in [3.05, 3.63) is 65.6 Å². The van der Waals surface area contributed by atoms with Crippen LogP contribution in [-0.2, 0) is 11.3 Å². The summed E-state index contributed by atoms with van der Waals surface area (Å²) >= 11 is 0. The van der Waals surface area contributed by atoms with Gasteiger partial charge in [-0.25, -0.2) is 4.79 Å². The Kier molecular flexibility index (Phi) is 3.92. The van der Waals surface area contributed by atoms with Gasteiger partial charge < -0.3 is 9.30 Å². The Balaban J connectivity index is 1.92. The van der Waals surface area contributed by atoms with E-state index < -0.39 is 0 Å². The first-order valence-electron chi connectivity index (χ1n) is 7.35. The molecule has 0 aliphatic heterocycles. The fourth-order valence-electron chi connectivity index (χ4n) is 2.56. The minimum atomic E-state index is -0.288. The lowest BCUT2D eigenvalue weighted by Crippen LogP contribution is -2.12. The molecule has 0 N–H and O–H groups in total. The molecule has 0 atom stereocenters. The van der Waals surface area contributed by atoms with Crippen molar-refractivity contribution in [2.45, 2.75) is 20.4 Å². The van der Waals surface area contributed by atoms with Gasteiger partial charge >= 0.3 is 5.97 Å². The van der Waals surface area contributed by atoms with E-state index in [1.165, 1.54) is 0 Å². The van der Waals surface area contributed by atoms with Crippen LogP contribution in [0.15, 0.2) is 48.8 Å². The van der Waals surface area contributed by atoms with Gasteiger partial charge in [0, 0.05) is 24.3 Å². The first-order valence-corrected chi connectivity index (χ1v) is 7.35. The number of carbonyl (C=O) groups is 1. The maximum absolute atomic E-state index is 12.0. The third kappa shape index (κ3) is 2.86. The molecule has 3 aromatic rings. The number of ether oxygens (including phenoxy) is 1. The molecule has 4 heteroatoms. The van der Waals surface area contributed by atoms with Gasteiger partial charge in [-0.3, -0.25) is 4.98 Å². The monoisotopic (exact) mass is 294 g/mol. The number of hydrogen-bond donors (Lipinski definition) is 0. The van der Waals surface area contributed by atoms with Crippen LogP contribution < -0.4 is 0 Å². The lowest BCUT2D eigenvalue weighted by molar-refractivity contribution is 0.0514. The van der Waals surface area contributed by atoms with Gasteiger partial charge in [-0.1, -0.05) is 18.2 Å². The summed E-state index contributed by atoms with van der Waals surface area (Å²) in [6.45, 7) is 4.75. The van der Waals surface area contributed by atoms with Crippen LogP contribution in [0.5, 0.6) is 0 Å². The van der Waals surface area contributed by atoms with Crippen LogP contribution in [0.2, 0.25) is 0 Å². The molecule has 4 nitrogen and oxygen atoms in total. The fourth-order valence-corrected chi connectivity index (χ4v) is 2.56. The highest BCUT2D eigenvalue weighted by molar-refractivity contribution is 5.88. The Hall–Kier alpha value is -2.62. The fraction of sp³-hybridized carbons (Fsp3) is 0.222. The number of pyridine rings is 1. The summed E-state index contributed by atoms with van der Waals surface area (Å²) in [6.07, 6.45) is 3.81. The molecule has 22 heavy (non-hydrogen) atoms. The van der Waals surface area contributed by atoms with Gasteiger partial charge in [0.25, 0.3) is 0 Å². The molecule has 2 heterocycles. The number of nitrogens with zero attached hydrogens (tertiary/aromatic N) is 2. The molecule has 0 radical (unpaired) electrons. The Morgan fingerprint density at radius 1 is 1.27 bits per heavy atom. The van der Waals surface area contributed by atoms with Crippen molar-refractivity contribution in [1.82, 2.24) is 9.55 Å². The predicted octanol–water partition coefficient (Wildman–Crippen LogP) is 3.57. The number of benzene rings is 1. The van der Waals surface area contributed by atoms with E-state index in [0.29, 0.717) is 18.8 Å². The Bertz CT molecular complexity index is 821. The average Bonchev–Trinajstić information content (AvgIpc) is 2.88. The molecule has 2 aromatic heterocycles. The molecule has 3 rings (SSSR count). The van der Waals surface area contributed by atoms with Gasteiger partial charge in [-0.05, 0) is 43.2 Å². The van der Waals surface area contributed by atoms with E-state index in [0.717, 1.165) is 22.0 Å². The van der Waals surface area contributed by atoms with Crippen LogP contribution in [-0.4, -0.2) is 22.1 Å². The van der Waals surface area contributed by atoms with E-state index in [9.17, 15) is 4.79 Å². The zero-order valence-corrected chi connectivity index (χ0v) is 12.7. The zero-order chi connectivity index (χ0) is 15.5. The van der Waals surface area contributed by atoms with E-state index in [1.807, 2.05) is 61.1 Å². The lowest BCUT2D eigenvalue weighted by atomic mass is 10.1. The van der Waals surface area contributed by atoms with Gasteiger partial charge in [0.05, 0.1) is 12.1 Å². The summed E-state index contributed by atoms with van der Waals surface area (Å²) < 4.78 is 7.03. The van der Waals surface area contributed by atoms with Crippen molar-refractivity contribution in [3.8, 4) is 0 Å². The van der Waals surface area contributed by atoms with Crippen molar-refractivity contribution >= 4 is 16.9 Å². The summed E-state index contributed by atoms with van der Waals surface area (Å²) in [5.41, 5.74) is 3.64. The molecule has 0 aliphatic carbocycles. The smallest absolute Gasteiger partial charge is 0.354 e. The minimum absolute atomic E-state index is 0.288. The number of para-hydroxylation sites is 1. The molecule has 0 saturated carbocycles. The van der Waals surface area contributed by atoms with Crippen LogP contribution in [0.3, 0.4) is 0 Å². The number of aryl methyl sites for hydroxylation is 1. The van der Waals surface area contributed by atoms with E-state index in [1.54, 1.807) is 0 Å². The number of aromatic nitrogens is 2. The van der Waals surface area contributed by atoms with Crippen molar-refractivity contribution < 1.29 is 9.53 Å². The van der Waals surface area contributed by atoms with Crippen LogP contribution in [0.25, 0.3) is 10.9 Å². The molecular formula is C18H18N2O2. The third-order valence-corrected chi connectivity index (χ3v) is 3.52. The lowest BCUT2D eigenvalue weighted by Gasteiger charge is -2.09. The maximum atomic E-state index is 12.0. The van der Waals surface area contributed by atoms with Gasteiger partial charge in [0.1, 0.15) is 5.69 Å². The van der Waals surface area contributed by atoms with Crippen LogP contribution in [0.4, 0.5) is 0 Å². The molecule has 0 amide bonds. The third-order valence-electron chi connectivity index (χ3n) is 3.52. The quantitative estimate of drug-likeness (QED) is 0.691. The Morgan fingerprint density at radius 2 is 2.09 bits per heavy atom. The van der Waals surface area contributed by atoms with E-state index in [2.05, 4.69) is 11.1 Å². The van der Waals surface area contributed by atoms with Crippen LogP contribution >= 0.6 is 0 Å². The molecule has 0 unspecified atom stereocenters. The molecule has 112 valence electrons. The SMILES string of the molecule is CCOC(=O)c1cc(C)cn1Cc1cnc2ccccc2c1. The first kappa shape index (κ1) is 14.3. The predicted molar refractivity (Wildman–Crippen MR) is 86.0 cm³/mol. The highest BCUT2D eigenvalue weighted by Crippen LogP contribution is 2.16. The second-order valence-electron chi connectivity index (χ2n) is 5.29. The molecule has 1 aromatic carbocycles. The summed E-state index contributed by atoms with van der Waals surface area (Å²) in [4.78, 5) is 16.5. The first-order chi connectivity index (χ1) is 10.7. The summed E-state index contributed by atoms with van der Waals surface area (Å²) in [5, 5.41) is 1.10. The highest BCUT2D eigenvalue weighted by Gasteiger charge is 2.14. The maximum Gasteiger partial charge on any atom is 0.354 e. The summed E-state index contributed by atoms with van der Waals surface area (Å²) in [5.74, 6) is -0.288. The average molecular weight is 294 g/mol. The summed E-state index contributed by atoms with van der Waals surface area (Å²) in [6, 6.07) is 12.0. The molecule has 0 bridgehead atoms. The largest absolute Gasteiger partial charge is 0.461 e. The van der Waals surface area contributed by atoms with Crippen molar-refractivity contribution in [2.24, 2.45) is 0 Å². The van der Waals surface area contributed by atoms with Crippen molar-refractivity contribution in [3.63, 3.8) is 0 Å². The van der Waals surface area contributed by atoms with Gasteiger partial charge in [0.2, 0.25) is 0 Å². The van der Waals surface area contributed by atoms with Gasteiger partial charge in [-0.2, -0.15) is 0 Å². The number of rotatable bonds is 4. The normalized spacial score (nSPS) is 10.8.